The standard InChI is InChI=1S/C18H22N6O/c1-3-12(4-2)21-17-14-9-10-20-16(14)23-18(24-17)22-13-7-5-11(6-8-13)15(19)25/h5-10,12H,3-4H2,1-2H3,(H2,19,25)(H3,20,21,22,23,24). The lowest BCUT2D eigenvalue weighted by Gasteiger charge is -2.17. The normalized spacial score (nSPS) is 11.0. The topological polar surface area (TPSA) is 109 Å². The average Bonchev–Trinajstić information content (AvgIpc) is 3.08. The van der Waals surface area contributed by atoms with Crippen molar-refractivity contribution in [3.05, 3.63) is 42.1 Å². The molecule has 0 saturated carbocycles. The van der Waals surface area contributed by atoms with Gasteiger partial charge in [-0.3, -0.25) is 4.79 Å². The monoisotopic (exact) mass is 338 g/mol. The number of fused-ring (bicyclic) bond motifs is 1. The summed E-state index contributed by atoms with van der Waals surface area (Å²) in [6.45, 7) is 4.30. The van der Waals surface area contributed by atoms with Gasteiger partial charge in [0.1, 0.15) is 11.5 Å². The highest BCUT2D eigenvalue weighted by molar-refractivity contribution is 5.93. The van der Waals surface area contributed by atoms with Crippen molar-refractivity contribution in [2.75, 3.05) is 10.6 Å². The molecule has 2 heterocycles. The number of carbonyl (C=O) groups excluding carboxylic acids is 1. The quantitative estimate of drug-likeness (QED) is 0.528. The Morgan fingerprint density at radius 2 is 1.88 bits per heavy atom. The van der Waals surface area contributed by atoms with E-state index < -0.39 is 5.91 Å². The van der Waals surface area contributed by atoms with Crippen molar-refractivity contribution < 1.29 is 4.79 Å². The SMILES string of the molecule is CCC(CC)Nc1nc(Nc2ccc(C(N)=O)cc2)nc2[nH]ccc12. The number of nitrogens with one attached hydrogen (secondary N) is 3. The van der Waals surface area contributed by atoms with Gasteiger partial charge in [0, 0.05) is 23.5 Å². The minimum Gasteiger partial charge on any atom is -0.367 e. The third-order valence-electron chi connectivity index (χ3n) is 4.17. The summed E-state index contributed by atoms with van der Waals surface area (Å²) in [7, 11) is 0. The molecule has 2 aromatic heterocycles. The lowest BCUT2D eigenvalue weighted by molar-refractivity contribution is 0.100. The van der Waals surface area contributed by atoms with E-state index in [1.165, 1.54) is 0 Å². The van der Waals surface area contributed by atoms with E-state index in [4.69, 9.17) is 5.73 Å². The summed E-state index contributed by atoms with van der Waals surface area (Å²) in [5.41, 5.74) is 7.27. The second kappa shape index (κ2) is 7.21. The molecule has 25 heavy (non-hydrogen) atoms. The Kier molecular flexibility index (Phi) is 4.83. The van der Waals surface area contributed by atoms with Crippen LogP contribution < -0.4 is 16.4 Å². The first-order valence-corrected chi connectivity index (χ1v) is 8.39. The van der Waals surface area contributed by atoms with Gasteiger partial charge in [-0.05, 0) is 43.2 Å². The van der Waals surface area contributed by atoms with Crippen molar-refractivity contribution in [3.8, 4) is 0 Å². The average molecular weight is 338 g/mol. The number of hydrogen-bond donors (Lipinski definition) is 4. The van der Waals surface area contributed by atoms with Gasteiger partial charge in [-0.1, -0.05) is 13.8 Å². The third-order valence-corrected chi connectivity index (χ3v) is 4.17. The Hall–Kier alpha value is -3.09. The number of primary amides is 1. The number of aromatic nitrogens is 3. The third kappa shape index (κ3) is 3.71. The van der Waals surface area contributed by atoms with E-state index in [-0.39, 0.29) is 0 Å². The van der Waals surface area contributed by atoms with Gasteiger partial charge in [-0.25, -0.2) is 0 Å². The fourth-order valence-corrected chi connectivity index (χ4v) is 2.64. The molecule has 1 aromatic carbocycles. The van der Waals surface area contributed by atoms with Gasteiger partial charge in [0.05, 0.1) is 5.39 Å². The lowest BCUT2D eigenvalue weighted by Crippen LogP contribution is -2.18. The summed E-state index contributed by atoms with van der Waals surface area (Å²) in [6, 6.07) is 9.20. The van der Waals surface area contributed by atoms with Crippen LogP contribution in [0.3, 0.4) is 0 Å². The summed E-state index contributed by atoms with van der Waals surface area (Å²) < 4.78 is 0. The minimum atomic E-state index is -0.452. The number of rotatable bonds is 7. The van der Waals surface area contributed by atoms with E-state index >= 15 is 0 Å². The maximum atomic E-state index is 11.2. The molecule has 0 unspecified atom stereocenters. The predicted octanol–water partition coefficient (Wildman–Crippen LogP) is 3.40. The number of aromatic amines is 1. The molecule has 3 aromatic rings. The van der Waals surface area contributed by atoms with Crippen LogP contribution in [-0.4, -0.2) is 26.9 Å². The molecule has 0 aliphatic rings. The number of anilines is 3. The van der Waals surface area contributed by atoms with Crippen LogP contribution in [0.4, 0.5) is 17.5 Å². The number of carbonyl (C=O) groups is 1. The van der Waals surface area contributed by atoms with Crippen molar-refractivity contribution >= 4 is 34.4 Å². The molecule has 0 bridgehead atoms. The summed E-state index contributed by atoms with van der Waals surface area (Å²) in [5, 5.41) is 7.61. The highest BCUT2D eigenvalue weighted by atomic mass is 16.1. The zero-order chi connectivity index (χ0) is 17.8. The molecule has 0 atom stereocenters. The van der Waals surface area contributed by atoms with Crippen molar-refractivity contribution in [2.24, 2.45) is 5.73 Å². The molecule has 0 saturated heterocycles. The van der Waals surface area contributed by atoms with Crippen LogP contribution >= 0.6 is 0 Å². The van der Waals surface area contributed by atoms with E-state index in [1.807, 2.05) is 12.3 Å². The van der Waals surface area contributed by atoms with Gasteiger partial charge in [0.2, 0.25) is 11.9 Å². The minimum absolute atomic E-state index is 0.357. The fraction of sp³-hybridized carbons (Fsp3) is 0.278. The zero-order valence-electron chi connectivity index (χ0n) is 14.3. The second-order valence-corrected chi connectivity index (χ2v) is 5.86. The van der Waals surface area contributed by atoms with E-state index in [1.54, 1.807) is 24.3 Å². The van der Waals surface area contributed by atoms with Crippen LogP contribution in [0, 0.1) is 0 Å². The van der Waals surface area contributed by atoms with E-state index in [9.17, 15) is 4.79 Å². The first-order valence-electron chi connectivity index (χ1n) is 8.39. The highest BCUT2D eigenvalue weighted by Crippen LogP contribution is 2.24. The van der Waals surface area contributed by atoms with Crippen LogP contribution in [-0.2, 0) is 0 Å². The van der Waals surface area contributed by atoms with Gasteiger partial charge in [-0.15, -0.1) is 0 Å². The van der Waals surface area contributed by atoms with E-state index in [2.05, 4.69) is 39.4 Å². The molecule has 130 valence electrons. The number of amides is 1. The van der Waals surface area contributed by atoms with Gasteiger partial charge in [0.25, 0.3) is 0 Å². The van der Waals surface area contributed by atoms with Gasteiger partial charge in [0.15, 0.2) is 0 Å². The predicted molar refractivity (Wildman–Crippen MR) is 100 cm³/mol. The number of nitrogens with two attached hydrogens (primary N) is 1. The molecular formula is C18H22N6O. The molecule has 0 spiro atoms. The number of hydrogen-bond acceptors (Lipinski definition) is 5. The molecule has 1 amide bonds. The number of benzene rings is 1. The molecule has 0 radical (unpaired) electrons. The van der Waals surface area contributed by atoms with Crippen molar-refractivity contribution in [1.29, 1.82) is 0 Å². The zero-order valence-corrected chi connectivity index (χ0v) is 14.3. The van der Waals surface area contributed by atoms with E-state index in [0.717, 1.165) is 35.4 Å². The van der Waals surface area contributed by atoms with Gasteiger partial charge < -0.3 is 21.4 Å². The number of nitrogens with zero attached hydrogens (tertiary/aromatic N) is 2. The molecule has 7 nitrogen and oxygen atoms in total. The maximum Gasteiger partial charge on any atom is 0.248 e. The van der Waals surface area contributed by atoms with Gasteiger partial charge in [-0.2, -0.15) is 9.97 Å². The maximum absolute atomic E-state index is 11.2. The molecule has 3 rings (SSSR count). The smallest absolute Gasteiger partial charge is 0.248 e. The first kappa shape index (κ1) is 16.8. The summed E-state index contributed by atoms with van der Waals surface area (Å²) in [6.07, 6.45) is 3.89. The Morgan fingerprint density at radius 1 is 1.16 bits per heavy atom. The largest absolute Gasteiger partial charge is 0.367 e. The van der Waals surface area contributed by atoms with Crippen LogP contribution in [0.25, 0.3) is 11.0 Å². The van der Waals surface area contributed by atoms with Crippen molar-refractivity contribution in [1.82, 2.24) is 15.0 Å². The Morgan fingerprint density at radius 3 is 2.52 bits per heavy atom. The lowest BCUT2D eigenvalue weighted by atomic mass is 10.1. The van der Waals surface area contributed by atoms with Crippen LogP contribution in [0.15, 0.2) is 36.5 Å². The molecule has 0 aliphatic heterocycles. The van der Waals surface area contributed by atoms with E-state index in [0.29, 0.717) is 17.6 Å². The van der Waals surface area contributed by atoms with Crippen LogP contribution in [0.2, 0.25) is 0 Å². The highest BCUT2D eigenvalue weighted by Gasteiger charge is 2.12. The molecular weight excluding hydrogens is 316 g/mol. The molecule has 0 aliphatic carbocycles. The second-order valence-electron chi connectivity index (χ2n) is 5.86. The van der Waals surface area contributed by atoms with Crippen LogP contribution in [0.5, 0.6) is 0 Å². The van der Waals surface area contributed by atoms with Crippen LogP contribution in [0.1, 0.15) is 37.0 Å². The van der Waals surface area contributed by atoms with Crippen molar-refractivity contribution in [3.63, 3.8) is 0 Å². The summed E-state index contributed by atoms with van der Waals surface area (Å²) >= 11 is 0. The first-order chi connectivity index (χ1) is 12.1. The molecule has 0 fully saturated rings. The summed E-state index contributed by atoms with van der Waals surface area (Å²) in [4.78, 5) is 23.4. The van der Waals surface area contributed by atoms with Crippen molar-refractivity contribution in [2.45, 2.75) is 32.7 Å². The number of H-pyrrole nitrogens is 1. The Bertz CT molecular complexity index is 867. The Labute approximate surface area is 146 Å². The molecule has 5 N–H and O–H groups in total. The summed E-state index contributed by atoms with van der Waals surface area (Å²) in [5.74, 6) is 0.832. The Balaban J connectivity index is 1.89. The fourth-order valence-electron chi connectivity index (χ4n) is 2.64. The van der Waals surface area contributed by atoms with Gasteiger partial charge >= 0.3 is 0 Å². The molecule has 7 heteroatoms.